The molecular formula is C11H16FO2P. The molecule has 0 radical (unpaired) electrons. The molecule has 0 amide bonds. The molecule has 2 heterocycles. The maximum atomic E-state index is 8.75. The largest absolute Gasteiger partial charge is 0.468 e. The normalized spacial score (nSPS) is 10.7. The number of hydrogen-bond acceptors (Lipinski definition) is 2. The maximum Gasteiger partial charge on any atom is 0.269 e. The average Bonchev–Trinajstić information content (AvgIpc) is 2.95. The van der Waals surface area contributed by atoms with Gasteiger partial charge in [0.25, 0.3) is 1.45 Å². The van der Waals surface area contributed by atoms with Crippen molar-refractivity contribution < 1.29 is 13.6 Å². The van der Waals surface area contributed by atoms with E-state index in [0.717, 1.165) is 11.5 Å². The third-order valence-corrected chi connectivity index (χ3v) is 2.27. The Kier molecular flexibility index (Phi) is 4.10. The minimum Gasteiger partial charge on any atom is -0.468 e. The van der Waals surface area contributed by atoms with E-state index in [9.17, 15) is 0 Å². The first-order chi connectivity index (χ1) is 7.21. The standard InChI is InChI=1S/C11H12O2.FH.H3P/c1-11(2,9-5-3-7-12-9)10-6-4-8-13-10;;/h3-8H,1-2H3;1H;1H3/i/hD. The lowest BCUT2D eigenvalue weighted by molar-refractivity contribution is 0.364. The van der Waals surface area contributed by atoms with Gasteiger partial charge in [-0.1, -0.05) is 0 Å². The van der Waals surface area contributed by atoms with Crippen LogP contribution in [0.2, 0.25) is 0 Å². The Bertz CT molecular complexity index is 334. The fourth-order valence-corrected chi connectivity index (χ4v) is 1.39. The molecule has 0 aliphatic heterocycles. The van der Waals surface area contributed by atoms with Crippen LogP contribution in [0.25, 0.3) is 0 Å². The van der Waals surface area contributed by atoms with Crippen molar-refractivity contribution in [2.45, 2.75) is 19.3 Å². The van der Waals surface area contributed by atoms with E-state index >= 15 is 0 Å². The van der Waals surface area contributed by atoms with Gasteiger partial charge in [0.2, 0.25) is 0 Å². The van der Waals surface area contributed by atoms with Gasteiger partial charge < -0.3 is 8.83 Å². The molecular weight excluding hydrogens is 214 g/mol. The van der Waals surface area contributed by atoms with Gasteiger partial charge in [-0.05, 0) is 38.1 Å². The van der Waals surface area contributed by atoms with Crippen LogP contribution < -0.4 is 0 Å². The van der Waals surface area contributed by atoms with Crippen molar-refractivity contribution in [1.82, 2.24) is 0 Å². The molecule has 4 heteroatoms. The summed E-state index contributed by atoms with van der Waals surface area (Å²) in [5.74, 6) is 1.84. The molecule has 84 valence electrons. The first kappa shape index (κ1) is 12.0. The minimum atomic E-state index is -0.188. The Morgan fingerprint density at radius 1 is 1.07 bits per heavy atom. The quantitative estimate of drug-likeness (QED) is 0.740. The summed E-state index contributed by atoms with van der Waals surface area (Å²) in [6.45, 7) is 4.15. The Hall–Kier alpha value is -1.08. The highest BCUT2D eigenvalue weighted by molar-refractivity contribution is 6.92. The molecule has 2 rings (SSSR count). The van der Waals surface area contributed by atoms with Crippen LogP contribution in [0.4, 0.5) is 4.72 Å². The Morgan fingerprint density at radius 3 is 1.73 bits per heavy atom. The van der Waals surface area contributed by atoms with E-state index in [0.29, 0.717) is 0 Å². The summed E-state index contributed by atoms with van der Waals surface area (Å²) < 4.78 is 23.7. The predicted octanol–water partition coefficient (Wildman–Crippen LogP) is 3.41. The molecule has 0 aliphatic rings. The fourth-order valence-electron chi connectivity index (χ4n) is 1.39. The molecule has 1 unspecified atom stereocenters. The van der Waals surface area contributed by atoms with Crippen molar-refractivity contribution in [3.63, 3.8) is 0 Å². The van der Waals surface area contributed by atoms with Gasteiger partial charge in [-0.2, -0.15) is 9.90 Å². The first-order valence-corrected chi connectivity index (χ1v) is 4.29. The molecule has 0 saturated heterocycles. The Balaban J connectivity index is 0.000000711. The van der Waals surface area contributed by atoms with Crippen LogP contribution in [0.3, 0.4) is 0 Å². The van der Waals surface area contributed by atoms with E-state index in [4.69, 9.17) is 13.6 Å². The zero-order chi connectivity index (χ0) is 11.3. The van der Waals surface area contributed by atoms with E-state index in [2.05, 4.69) is 15.3 Å². The number of rotatable bonds is 2. The number of furan rings is 2. The van der Waals surface area contributed by atoms with Crippen molar-refractivity contribution >= 4 is 9.90 Å². The molecule has 0 bridgehead atoms. The monoisotopic (exact) mass is 231 g/mol. The molecule has 0 aromatic carbocycles. The van der Waals surface area contributed by atoms with Gasteiger partial charge in [0.1, 0.15) is 11.5 Å². The molecule has 0 saturated carbocycles. The lowest BCUT2D eigenvalue weighted by Gasteiger charge is -2.18. The van der Waals surface area contributed by atoms with E-state index in [-0.39, 0.29) is 15.3 Å². The van der Waals surface area contributed by atoms with Crippen LogP contribution in [-0.4, -0.2) is 1.45 Å². The molecule has 0 fully saturated rings. The van der Waals surface area contributed by atoms with Gasteiger partial charge in [-0.25, -0.2) is 0 Å². The van der Waals surface area contributed by atoms with Crippen molar-refractivity contribution in [3.05, 3.63) is 48.3 Å². The molecule has 2 aromatic rings. The van der Waals surface area contributed by atoms with Crippen LogP contribution in [0.1, 0.15) is 25.4 Å². The Labute approximate surface area is 93.2 Å². The van der Waals surface area contributed by atoms with Crippen LogP contribution in [0, 0.1) is 0 Å². The summed E-state index contributed by atoms with van der Waals surface area (Å²) in [6, 6.07) is 7.70. The molecule has 0 N–H and O–H groups in total. The average molecular weight is 231 g/mol. The van der Waals surface area contributed by atoms with Gasteiger partial charge in [0.15, 0.2) is 0 Å². The smallest absolute Gasteiger partial charge is 0.269 e. The lowest BCUT2D eigenvalue weighted by atomic mass is 9.87. The Morgan fingerprint density at radius 2 is 1.47 bits per heavy atom. The third kappa shape index (κ3) is 2.48. The summed E-state index contributed by atoms with van der Waals surface area (Å²) in [6.07, 6.45) is 3.36. The minimum absolute atomic E-state index is 0. The molecule has 15 heavy (non-hydrogen) atoms. The van der Waals surface area contributed by atoms with Gasteiger partial charge >= 0.3 is 0 Å². The van der Waals surface area contributed by atoms with E-state index in [1.54, 1.807) is 12.5 Å². The van der Waals surface area contributed by atoms with Gasteiger partial charge in [-0.15, -0.1) is 0 Å². The van der Waals surface area contributed by atoms with E-state index < -0.39 is 0 Å². The van der Waals surface area contributed by atoms with Crippen molar-refractivity contribution in [3.8, 4) is 0 Å². The van der Waals surface area contributed by atoms with Crippen LogP contribution >= 0.6 is 9.90 Å². The van der Waals surface area contributed by atoms with Gasteiger partial charge in [0, 0.05) is 0 Å². The highest BCUT2D eigenvalue weighted by Crippen LogP contribution is 2.31. The highest BCUT2D eigenvalue weighted by atomic mass is 31.0. The lowest BCUT2D eigenvalue weighted by Crippen LogP contribution is -2.16. The SMILES string of the molecule is CC(C)(c1ccco1)c1ccco1.P.[2H]F. The van der Waals surface area contributed by atoms with E-state index in [1.807, 2.05) is 24.3 Å². The maximum absolute atomic E-state index is 8.75. The van der Waals surface area contributed by atoms with Crippen molar-refractivity contribution in [1.29, 1.82) is 1.45 Å². The van der Waals surface area contributed by atoms with Crippen LogP contribution in [-0.2, 0) is 5.41 Å². The van der Waals surface area contributed by atoms with Crippen molar-refractivity contribution in [2.75, 3.05) is 0 Å². The predicted molar refractivity (Wildman–Crippen MR) is 63.2 cm³/mol. The highest BCUT2D eigenvalue weighted by Gasteiger charge is 2.28. The molecule has 2 aromatic heterocycles. The van der Waals surface area contributed by atoms with E-state index in [1.165, 1.54) is 0 Å². The second kappa shape index (κ2) is 5.13. The molecule has 0 spiro atoms. The fraction of sp³-hybridized carbons (Fsp3) is 0.273. The van der Waals surface area contributed by atoms with Crippen LogP contribution in [0.5, 0.6) is 0 Å². The summed E-state index contributed by atoms with van der Waals surface area (Å²) >= 11 is 0. The second-order valence-corrected chi connectivity index (χ2v) is 3.58. The van der Waals surface area contributed by atoms with Crippen molar-refractivity contribution in [2.24, 2.45) is 0 Å². The van der Waals surface area contributed by atoms with Gasteiger partial charge in [-0.3, -0.25) is 4.72 Å². The molecule has 0 aliphatic carbocycles. The summed E-state index contributed by atoms with van der Waals surface area (Å²) in [4.78, 5) is 0. The summed E-state index contributed by atoms with van der Waals surface area (Å²) in [7, 11) is 0. The van der Waals surface area contributed by atoms with Gasteiger partial charge in [0.05, 0.1) is 17.9 Å². The van der Waals surface area contributed by atoms with Crippen LogP contribution in [0.15, 0.2) is 45.6 Å². The summed E-state index contributed by atoms with van der Waals surface area (Å²) in [5.41, 5.74) is -0.188. The topological polar surface area (TPSA) is 26.3 Å². The zero-order valence-corrected chi connectivity index (χ0v) is 10.3. The molecule has 2 nitrogen and oxygen atoms in total. The number of halogens is 1. The zero-order valence-electron chi connectivity index (χ0n) is 9.87. The third-order valence-electron chi connectivity index (χ3n) is 2.27. The summed E-state index contributed by atoms with van der Waals surface area (Å²) in [5, 5.41) is 0. The number of hydrogen-bond donors (Lipinski definition) is 0. The first-order valence-electron chi connectivity index (χ1n) is 4.67. The molecule has 1 atom stereocenters. The second-order valence-electron chi connectivity index (χ2n) is 3.58.